The molecule has 0 amide bonds. The molecule has 3 heteroatoms. The van der Waals surface area contributed by atoms with Gasteiger partial charge in [0.15, 0.2) is 0 Å². The second kappa shape index (κ2) is 4.53. The summed E-state index contributed by atoms with van der Waals surface area (Å²) in [5.74, 6) is 1.55. The highest BCUT2D eigenvalue weighted by atomic mass is 16.5. The van der Waals surface area contributed by atoms with Crippen molar-refractivity contribution in [2.24, 2.45) is 5.92 Å². The van der Waals surface area contributed by atoms with Gasteiger partial charge in [-0.1, -0.05) is 13.0 Å². The number of hydrogen-bond acceptors (Lipinski definition) is 3. The molecule has 2 rings (SSSR count). The number of anilines is 1. The van der Waals surface area contributed by atoms with Gasteiger partial charge < -0.3 is 15.8 Å². The van der Waals surface area contributed by atoms with Crippen molar-refractivity contribution in [3.8, 4) is 5.75 Å². The van der Waals surface area contributed by atoms with Gasteiger partial charge in [-0.05, 0) is 24.6 Å². The molecule has 0 saturated heterocycles. The van der Waals surface area contributed by atoms with Crippen molar-refractivity contribution in [2.45, 2.75) is 13.3 Å². The lowest BCUT2D eigenvalue weighted by molar-refractivity contribution is 0.219. The predicted octanol–water partition coefficient (Wildman–Crippen LogP) is 1.43. The molecule has 0 aliphatic carbocycles. The highest BCUT2D eigenvalue weighted by Gasteiger charge is 2.19. The van der Waals surface area contributed by atoms with Gasteiger partial charge >= 0.3 is 0 Å². The number of nitrogen functional groups attached to an aromatic ring is 1. The van der Waals surface area contributed by atoms with Crippen LogP contribution in [0, 0.1) is 5.92 Å². The van der Waals surface area contributed by atoms with Gasteiger partial charge in [0.1, 0.15) is 5.75 Å². The summed E-state index contributed by atoms with van der Waals surface area (Å²) in [5, 5.41) is 3.36. The highest BCUT2D eigenvalue weighted by Crippen LogP contribution is 2.28. The van der Waals surface area contributed by atoms with E-state index in [1.54, 1.807) is 0 Å². The maximum absolute atomic E-state index is 5.70. The summed E-state index contributed by atoms with van der Waals surface area (Å²) < 4.78 is 5.69. The van der Waals surface area contributed by atoms with E-state index in [4.69, 9.17) is 10.5 Å². The van der Waals surface area contributed by atoms with E-state index in [-0.39, 0.29) is 0 Å². The quantitative estimate of drug-likeness (QED) is 0.735. The van der Waals surface area contributed by atoms with Crippen LogP contribution in [0.3, 0.4) is 0 Å². The molecule has 0 spiro atoms. The van der Waals surface area contributed by atoms with Gasteiger partial charge in [-0.2, -0.15) is 0 Å². The van der Waals surface area contributed by atoms with Gasteiger partial charge in [0.25, 0.3) is 0 Å². The monoisotopic (exact) mass is 206 g/mol. The summed E-state index contributed by atoms with van der Waals surface area (Å²) in [6, 6.07) is 5.93. The average Bonchev–Trinajstić information content (AvgIpc) is 2.26. The van der Waals surface area contributed by atoms with Crippen LogP contribution in [-0.2, 0) is 6.42 Å². The van der Waals surface area contributed by atoms with E-state index < -0.39 is 0 Å². The van der Waals surface area contributed by atoms with Gasteiger partial charge in [-0.25, -0.2) is 0 Å². The van der Waals surface area contributed by atoms with E-state index in [1.807, 2.05) is 12.1 Å². The van der Waals surface area contributed by atoms with Gasteiger partial charge in [-0.3, -0.25) is 0 Å². The molecule has 3 N–H and O–H groups in total. The fourth-order valence-electron chi connectivity index (χ4n) is 1.93. The Kier molecular flexibility index (Phi) is 3.11. The van der Waals surface area contributed by atoms with Crippen LogP contribution in [0.25, 0.3) is 0 Å². The summed E-state index contributed by atoms with van der Waals surface area (Å²) in [6.07, 6.45) is 1.09. The Morgan fingerprint density at radius 2 is 2.40 bits per heavy atom. The minimum atomic E-state index is 0.584. The maximum Gasteiger partial charge on any atom is 0.124 e. The molecule has 82 valence electrons. The number of rotatable bonds is 3. The minimum Gasteiger partial charge on any atom is -0.493 e. The van der Waals surface area contributed by atoms with Crippen LogP contribution < -0.4 is 15.8 Å². The second-order valence-electron chi connectivity index (χ2n) is 4.06. The minimum absolute atomic E-state index is 0.584. The van der Waals surface area contributed by atoms with Gasteiger partial charge in [0.2, 0.25) is 0 Å². The van der Waals surface area contributed by atoms with E-state index in [0.29, 0.717) is 5.92 Å². The first kappa shape index (κ1) is 10.3. The predicted molar refractivity (Wildman–Crippen MR) is 62.1 cm³/mol. The third kappa shape index (κ3) is 2.42. The summed E-state index contributed by atoms with van der Waals surface area (Å²) in [5.41, 5.74) is 7.76. The molecular weight excluding hydrogens is 188 g/mol. The fraction of sp³-hybridized carbons (Fsp3) is 0.500. The summed E-state index contributed by atoms with van der Waals surface area (Å²) >= 11 is 0. The number of benzene rings is 1. The van der Waals surface area contributed by atoms with Crippen LogP contribution in [0.4, 0.5) is 5.69 Å². The molecule has 1 aromatic rings. The van der Waals surface area contributed by atoms with Crippen molar-refractivity contribution < 1.29 is 4.74 Å². The molecule has 15 heavy (non-hydrogen) atoms. The van der Waals surface area contributed by atoms with Crippen molar-refractivity contribution in [3.63, 3.8) is 0 Å². The zero-order chi connectivity index (χ0) is 10.7. The molecule has 1 heterocycles. The normalized spacial score (nSPS) is 19.4. The van der Waals surface area contributed by atoms with Crippen molar-refractivity contribution in [1.29, 1.82) is 0 Å². The Bertz CT molecular complexity index is 338. The Hall–Kier alpha value is -1.22. The van der Waals surface area contributed by atoms with E-state index in [0.717, 1.165) is 37.6 Å². The third-order valence-corrected chi connectivity index (χ3v) is 2.76. The van der Waals surface area contributed by atoms with Crippen LogP contribution >= 0.6 is 0 Å². The Labute approximate surface area is 90.6 Å². The van der Waals surface area contributed by atoms with Crippen molar-refractivity contribution in [1.82, 2.24) is 5.32 Å². The Balaban J connectivity index is 2.03. The number of fused-ring (bicyclic) bond motifs is 1. The summed E-state index contributed by atoms with van der Waals surface area (Å²) in [4.78, 5) is 0. The van der Waals surface area contributed by atoms with Crippen LogP contribution in [0.5, 0.6) is 5.75 Å². The molecule has 0 saturated carbocycles. The lowest BCUT2D eigenvalue weighted by Gasteiger charge is -2.25. The molecule has 0 bridgehead atoms. The number of hydrogen-bond donors (Lipinski definition) is 2. The van der Waals surface area contributed by atoms with Crippen molar-refractivity contribution >= 4 is 5.69 Å². The van der Waals surface area contributed by atoms with E-state index in [9.17, 15) is 0 Å². The van der Waals surface area contributed by atoms with Gasteiger partial charge in [0, 0.05) is 24.2 Å². The average molecular weight is 206 g/mol. The molecule has 3 nitrogen and oxygen atoms in total. The molecule has 1 aliphatic rings. The molecule has 1 unspecified atom stereocenters. The lowest BCUT2D eigenvalue weighted by Crippen LogP contribution is -2.31. The smallest absolute Gasteiger partial charge is 0.124 e. The summed E-state index contributed by atoms with van der Waals surface area (Å²) in [6.45, 7) is 4.97. The van der Waals surface area contributed by atoms with Crippen LogP contribution in [-0.4, -0.2) is 19.7 Å². The number of nitrogens with two attached hydrogens (primary N) is 1. The van der Waals surface area contributed by atoms with Crippen LogP contribution in [0.2, 0.25) is 0 Å². The lowest BCUT2D eigenvalue weighted by atomic mass is 9.96. The molecular formula is C12H18N2O. The molecule has 0 radical (unpaired) electrons. The topological polar surface area (TPSA) is 47.3 Å². The highest BCUT2D eigenvalue weighted by molar-refractivity contribution is 5.49. The molecule has 0 aromatic heterocycles. The van der Waals surface area contributed by atoms with Crippen LogP contribution in [0.1, 0.15) is 12.5 Å². The molecule has 0 fully saturated rings. The van der Waals surface area contributed by atoms with Crippen molar-refractivity contribution in [3.05, 3.63) is 23.8 Å². The Morgan fingerprint density at radius 1 is 1.53 bits per heavy atom. The van der Waals surface area contributed by atoms with Gasteiger partial charge in [-0.15, -0.1) is 0 Å². The van der Waals surface area contributed by atoms with Crippen LogP contribution in [0.15, 0.2) is 18.2 Å². The maximum atomic E-state index is 5.70. The molecule has 1 aliphatic heterocycles. The third-order valence-electron chi connectivity index (χ3n) is 2.76. The first-order valence-corrected chi connectivity index (χ1v) is 5.51. The zero-order valence-electron chi connectivity index (χ0n) is 9.12. The first-order valence-electron chi connectivity index (χ1n) is 5.51. The summed E-state index contributed by atoms with van der Waals surface area (Å²) in [7, 11) is 0. The fourth-order valence-corrected chi connectivity index (χ4v) is 1.93. The largest absolute Gasteiger partial charge is 0.493 e. The second-order valence-corrected chi connectivity index (χ2v) is 4.06. The van der Waals surface area contributed by atoms with E-state index in [2.05, 4.69) is 18.3 Å². The molecule has 1 atom stereocenters. The standard InChI is InChI=1S/C12H18N2O/c1-2-14-7-9-5-10-3-4-11(13)6-12(10)15-8-9/h3-4,6,9,14H,2,5,7-8,13H2,1H3. The first-order chi connectivity index (χ1) is 7.29. The SMILES string of the molecule is CCNCC1COc2cc(N)ccc2C1. The zero-order valence-corrected chi connectivity index (χ0v) is 9.12. The van der Waals surface area contributed by atoms with Gasteiger partial charge in [0.05, 0.1) is 6.61 Å². The number of nitrogens with one attached hydrogen (secondary N) is 1. The molecule has 1 aromatic carbocycles. The van der Waals surface area contributed by atoms with E-state index in [1.165, 1.54) is 5.56 Å². The number of ether oxygens (including phenoxy) is 1. The van der Waals surface area contributed by atoms with E-state index >= 15 is 0 Å². The van der Waals surface area contributed by atoms with Crippen molar-refractivity contribution in [2.75, 3.05) is 25.4 Å². The Morgan fingerprint density at radius 3 is 3.20 bits per heavy atom.